The van der Waals surface area contributed by atoms with E-state index in [0.717, 1.165) is 38.1 Å². The normalized spacial score (nSPS) is 20.6. The number of hydrogen-bond acceptors (Lipinski definition) is 9. The summed E-state index contributed by atoms with van der Waals surface area (Å²) in [6, 6.07) is 5.38. The lowest BCUT2D eigenvalue weighted by atomic mass is 9.91. The molecular weight excluding hydrogens is 477 g/mol. The Kier molecular flexibility index (Phi) is 5.63. The van der Waals surface area contributed by atoms with Gasteiger partial charge in [0.25, 0.3) is 5.78 Å². The van der Waals surface area contributed by atoms with E-state index in [1.165, 1.54) is 4.52 Å². The number of piperidine rings is 1. The van der Waals surface area contributed by atoms with Gasteiger partial charge in [-0.15, -0.1) is 5.10 Å². The van der Waals surface area contributed by atoms with E-state index in [0.29, 0.717) is 36.4 Å². The monoisotopic (exact) mass is 500 g/mol. The standard InChI is InChI=1S/C23H23F3N8O2/c24-15-5-6-16(25)19(18(15)26)36-12-13-3-4-14-11-33(8-7-32(14)10-13)22-29-21(27)34-23(30-22)28-20(31-34)17-2-1-9-35-17/h1-2,5-6,9,13-14H,3-4,7-8,10-12H2,(H2,27,28,29,30,31). The molecule has 2 N–H and O–H groups in total. The molecule has 0 radical (unpaired) electrons. The highest BCUT2D eigenvalue weighted by molar-refractivity contribution is 5.53. The van der Waals surface area contributed by atoms with Crippen molar-refractivity contribution >= 4 is 17.7 Å². The number of hydrogen-bond donors (Lipinski definition) is 1. The van der Waals surface area contributed by atoms with Crippen LogP contribution in [0.2, 0.25) is 0 Å². The third kappa shape index (κ3) is 4.08. The van der Waals surface area contributed by atoms with E-state index >= 15 is 0 Å². The van der Waals surface area contributed by atoms with Gasteiger partial charge in [0.15, 0.2) is 23.1 Å². The molecule has 0 spiro atoms. The van der Waals surface area contributed by atoms with Crippen molar-refractivity contribution in [3.8, 4) is 17.3 Å². The largest absolute Gasteiger partial charge is 0.487 e. The number of benzene rings is 1. The van der Waals surface area contributed by atoms with Gasteiger partial charge in [-0.3, -0.25) is 4.90 Å². The number of nitrogens with zero attached hydrogens (tertiary/aromatic N) is 7. The summed E-state index contributed by atoms with van der Waals surface area (Å²) in [5.74, 6) is -2.01. The van der Waals surface area contributed by atoms with Crippen LogP contribution in [-0.2, 0) is 0 Å². The maximum absolute atomic E-state index is 13.9. The van der Waals surface area contributed by atoms with E-state index in [1.54, 1.807) is 18.4 Å². The molecule has 5 heterocycles. The predicted molar refractivity (Wildman–Crippen MR) is 123 cm³/mol. The van der Waals surface area contributed by atoms with Gasteiger partial charge in [-0.05, 0) is 37.1 Å². The van der Waals surface area contributed by atoms with Crippen LogP contribution in [0.5, 0.6) is 5.75 Å². The summed E-state index contributed by atoms with van der Waals surface area (Å²) in [4.78, 5) is 17.8. The molecule has 2 aliphatic rings. The lowest BCUT2D eigenvalue weighted by Gasteiger charge is -2.46. The van der Waals surface area contributed by atoms with Crippen molar-refractivity contribution in [1.82, 2.24) is 29.5 Å². The first-order valence-corrected chi connectivity index (χ1v) is 11.7. The van der Waals surface area contributed by atoms with E-state index in [1.807, 2.05) is 0 Å². The van der Waals surface area contributed by atoms with Crippen molar-refractivity contribution in [2.24, 2.45) is 5.92 Å². The molecule has 2 fully saturated rings. The van der Waals surface area contributed by atoms with Gasteiger partial charge in [-0.25, -0.2) is 8.78 Å². The highest BCUT2D eigenvalue weighted by Crippen LogP contribution is 2.29. The average molecular weight is 500 g/mol. The smallest absolute Gasteiger partial charge is 0.259 e. The number of rotatable bonds is 5. The Morgan fingerprint density at radius 2 is 1.89 bits per heavy atom. The summed E-state index contributed by atoms with van der Waals surface area (Å²) in [5, 5.41) is 4.33. The first kappa shape index (κ1) is 22.6. The summed E-state index contributed by atoms with van der Waals surface area (Å²) < 4.78 is 53.3. The van der Waals surface area contributed by atoms with Crippen LogP contribution in [0.15, 0.2) is 34.9 Å². The Balaban J connectivity index is 1.11. The number of furan rings is 1. The van der Waals surface area contributed by atoms with Crippen molar-refractivity contribution in [2.45, 2.75) is 18.9 Å². The Morgan fingerprint density at radius 3 is 2.72 bits per heavy atom. The molecule has 1 aromatic carbocycles. The Labute approximate surface area is 203 Å². The maximum Gasteiger partial charge on any atom is 0.259 e. The van der Waals surface area contributed by atoms with Crippen molar-refractivity contribution in [1.29, 1.82) is 0 Å². The molecule has 2 unspecified atom stereocenters. The second-order valence-electron chi connectivity index (χ2n) is 9.03. The lowest BCUT2D eigenvalue weighted by molar-refractivity contribution is 0.0705. The van der Waals surface area contributed by atoms with Crippen LogP contribution in [0.25, 0.3) is 17.4 Å². The molecule has 3 aromatic heterocycles. The molecule has 0 bridgehead atoms. The fourth-order valence-corrected chi connectivity index (χ4v) is 4.86. The Bertz CT molecular complexity index is 1400. The summed E-state index contributed by atoms with van der Waals surface area (Å²) in [7, 11) is 0. The van der Waals surface area contributed by atoms with Crippen molar-refractivity contribution in [3.63, 3.8) is 0 Å². The molecule has 6 rings (SSSR count). The van der Waals surface area contributed by atoms with Crippen LogP contribution in [0, 0.1) is 23.4 Å². The minimum absolute atomic E-state index is 0.0779. The minimum Gasteiger partial charge on any atom is -0.487 e. The van der Waals surface area contributed by atoms with Gasteiger partial charge in [0.2, 0.25) is 23.5 Å². The third-order valence-corrected chi connectivity index (χ3v) is 6.72. The molecule has 4 aromatic rings. The van der Waals surface area contributed by atoms with Crippen LogP contribution >= 0.6 is 0 Å². The molecule has 10 nitrogen and oxygen atoms in total. The highest BCUT2D eigenvalue weighted by atomic mass is 19.2. The molecule has 2 saturated heterocycles. The minimum atomic E-state index is -1.29. The van der Waals surface area contributed by atoms with Crippen LogP contribution in [0.4, 0.5) is 25.1 Å². The molecule has 0 amide bonds. The fourth-order valence-electron chi connectivity index (χ4n) is 4.86. The summed E-state index contributed by atoms with van der Waals surface area (Å²) in [6.45, 7) is 2.96. The zero-order valence-corrected chi connectivity index (χ0v) is 19.1. The maximum atomic E-state index is 13.9. The summed E-state index contributed by atoms with van der Waals surface area (Å²) >= 11 is 0. The number of anilines is 2. The van der Waals surface area contributed by atoms with Crippen LogP contribution < -0.4 is 15.4 Å². The molecule has 0 aliphatic carbocycles. The van der Waals surface area contributed by atoms with Crippen molar-refractivity contribution in [3.05, 3.63) is 48.0 Å². The quantitative estimate of drug-likeness (QED) is 0.414. The van der Waals surface area contributed by atoms with E-state index in [2.05, 4.69) is 29.9 Å². The number of nitrogen functional groups attached to an aromatic ring is 1. The lowest BCUT2D eigenvalue weighted by Crippen LogP contribution is -2.57. The van der Waals surface area contributed by atoms with E-state index in [9.17, 15) is 13.2 Å². The number of aromatic nitrogens is 5. The Hall–Kier alpha value is -3.87. The number of nitrogens with two attached hydrogens (primary N) is 1. The summed E-state index contributed by atoms with van der Waals surface area (Å²) in [5.41, 5.74) is 6.14. The molecule has 36 heavy (non-hydrogen) atoms. The molecule has 2 atom stereocenters. The van der Waals surface area contributed by atoms with Gasteiger partial charge >= 0.3 is 0 Å². The van der Waals surface area contributed by atoms with Crippen LogP contribution in [0.3, 0.4) is 0 Å². The van der Waals surface area contributed by atoms with Gasteiger partial charge in [0.1, 0.15) is 0 Å². The zero-order valence-electron chi connectivity index (χ0n) is 19.1. The summed E-state index contributed by atoms with van der Waals surface area (Å²) in [6.07, 6.45) is 3.22. The molecule has 13 heteroatoms. The zero-order chi connectivity index (χ0) is 24.8. The first-order chi connectivity index (χ1) is 17.5. The van der Waals surface area contributed by atoms with Gasteiger partial charge < -0.3 is 19.8 Å². The molecular formula is C23H23F3N8O2. The van der Waals surface area contributed by atoms with Crippen molar-refractivity contribution in [2.75, 3.05) is 43.4 Å². The average Bonchev–Trinajstić information content (AvgIpc) is 3.56. The second kappa shape index (κ2) is 8.97. The molecule has 0 saturated carbocycles. The van der Waals surface area contributed by atoms with Crippen LogP contribution in [-0.4, -0.2) is 68.3 Å². The Morgan fingerprint density at radius 1 is 1.03 bits per heavy atom. The van der Waals surface area contributed by atoms with Crippen LogP contribution in [0.1, 0.15) is 12.8 Å². The second-order valence-corrected chi connectivity index (χ2v) is 9.03. The van der Waals surface area contributed by atoms with E-state index in [4.69, 9.17) is 14.9 Å². The highest BCUT2D eigenvalue weighted by Gasteiger charge is 2.34. The van der Waals surface area contributed by atoms with Gasteiger partial charge in [-0.1, -0.05) is 0 Å². The van der Waals surface area contributed by atoms with Gasteiger partial charge in [0, 0.05) is 38.1 Å². The fraction of sp³-hybridized carbons (Fsp3) is 0.391. The number of halogens is 3. The van der Waals surface area contributed by atoms with Gasteiger partial charge in [0.05, 0.1) is 12.9 Å². The number of fused-ring (bicyclic) bond motifs is 2. The predicted octanol–water partition coefficient (Wildman–Crippen LogP) is 2.76. The van der Waals surface area contributed by atoms with E-state index < -0.39 is 23.2 Å². The van der Waals surface area contributed by atoms with Gasteiger partial charge in [-0.2, -0.15) is 23.9 Å². The number of piperazine rings is 1. The van der Waals surface area contributed by atoms with Crippen molar-refractivity contribution < 1.29 is 22.3 Å². The topological polar surface area (TPSA) is 111 Å². The first-order valence-electron chi connectivity index (χ1n) is 11.7. The third-order valence-electron chi connectivity index (χ3n) is 6.72. The SMILES string of the molecule is Nc1nc(N2CCN3CC(COc4c(F)ccc(F)c4F)CCC3C2)nc2nc(-c3ccco3)nn12. The molecule has 188 valence electrons. The number of ether oxygens (including phenoxy) is 1. The molecule has 2 aliphatic heterocycles. The van der Waals surface area contributed by atoms with E-state index in [-0.39, 0.29) is 24.5 Å².